The molecular weight excluding hydrogens is 236 g/mol. The van der Waals surface area contributed by atoms with Crippen molar-refractivity contribution in [2.75, 3.05) is 13.2 Å². The average molecular weight is 264 g/mol. The van der Waals surface area contributed by atoms with Gasteiger partial charge in [0.1, 0.15) is 5.75 Å². The van der Waals surface area contributed by atoms with Crippen molar-refractivity contribution in [1.29, 1.82) is 0 Å². The Morgan fingerprint density at radius 1 is 1.26 bits per heavy atom. The number of nitrogens with one attached hydrogen (secondary N) is 1. The van der Waals surface area contributed by atoms with Crippen LogP contribution in [0.2, 0.25) is 0 Å². The summed E-state index contributed by atoms with van der Waals surface area (Å²) >= 11 is 0. The molecule has 1 N–H and O–H groups in total. The summed E-state index contributed by atoms with van der Waals surface area (Å²) in [6.07, 6.45) is 2.18. The standard InChI is InChI=1S/C16H28N2O/c1-6-10-17-12-14-15(8-7-13(2)18-14)19-11-9-16(3,4)5/h7-8,17H,6,9-12H2,1-5H3. The summed E-state index contributed by atoms with van der Waals surface area (Å²) in [5, 5.41) is 3.38. The van der Waals surface area contributed by atoms with E-state index in [0.29, 0.717) is 5.41 Å². The first kappa shape index (κ1) is 16.0. The van der Waals surface area contributed by atoms with E-state index in [9.17, 15) is 0 Å². The minimum Gasteiger partial charge on any atom is -0.492 e. The van der Waals surface area contributed by atoms with E-state index in [4.69, 9.17) is 4.74 Å². The second kappa shape index (κ2) is 7.49. The Morgan fingerprint density at radius 3 is 2.63 bits per heavy atom. The SMILES string of the molecule is CCCNCc1nc(C)ccc1OCCC(C)(C)C. The number of pyridine rings is 1. The third-order valence-electron chi connectivity index (χ3n) is 2.90. The van der Waals surface area contributed by atoms with Gasteiger partial charge < -0.3 is 10.1 Å². The van der Waals surface area contributed by atoms with Crippen molar-refractivity contribution in [3.8, 4) is 5.75 Å². The van der Waals surface area contributed by atoms with Crippen molar-refractivity contribution in [3.05, 3.63) is 23.5 Å². The molecule has 0 saturated carbocycles. The summed E-state index contributed by atoms with van der Waals surface area (Å²) in [7, 11) is 0. The Kier molecular flexibility index (Phi) is 6.29. The molecule has 108 valence electrons. The molecule has 0 atom stereocenters. The fourth-order valence-electron chi connectivity index (χ4n) is 1.71. The molecule has 3 heteroatoms. The highest BCUT2D eigenvalue weighted by molar-refractivity contribution is 5.29. The maximum Gasteiger partial charge on any atom is 0.142 e. The van der Waals surface area contributed by atoms with Gasteiger partial charge in [-0.2, -0.15) is 0 Å². The quantitative estimate of drug-likeness (QED) is 0.762. The molecule has 0 saturated heterocycles. The molecule has 0 unspecified atom stereocenters. The van der Waals surface area contributed by atoms with Crippen LogP contribution in [0.15, 0.2) is 12.1 Å². The molecule has 1 rings (SSSR count). The largest absolute Gasteiger partial charge is 0.492 e. The predicted octanol–water partition coefficient (Wildman–Crippen LogP) is 3.70. The number of aromatic nitrogens is 1. The van der Waals surface area contributed by atoms with Crippen molar-refractivity contribution in [2.24, 2.45) is 5.41 Å². The Labute approximate surface area is 117 Å². The maximum absolute atomic E-state index is 5.90. The average Bonchev–Trinajstić information content (AvgIpc) is 2.30. The lowest BCUT2D eigenvalue weighted by Crippen LogP contribution is -2.17. The summed E-state index contributed by atoms with van der Waals surface area (Å²) in [6.45, 7) is 13.4. The minimum absolute atomic E-state index is 0.304. The number of hydrogen-bond acceptors (Lipinski definition) is 3. The second-order valence-electron chi connectivity index (χ2n) is 6.23. The zero-order chi connectivity index (χ0) is 14.3. The van der Waals surface area contributed by atoms with Crippen LogP contribution in [0.4, 0.5) is 0 Å². The fraction of sp³-hybridized carbons (Fsp3) is 0.688. The zero-order valence-corrected chi connectivity index (χ0v) is 13.0. The summed E-state index contributed by atoms with van der Waals surface area (Å²) in [5.41, 5.74) is 2.36. The molecule has 0 aliphatic heterocycles. The van der Waals surface area contributed by atoms with E-state index < -0.39 is 0 Å². The van der Waals surface area contributed by atoms with Crippen molar-refractivity contribution >= 4 is 0 Å². The lowest BCUT2D eigenvalue weighted by Gasteiger charge is -2.19. The summed E-state index contributed by atoms with van der Waals surface area (Å²) in [5.74, 6) is 0.915. The van der Waals surface area contributed by atoms with Crippen LogP contribution < -0.4 is 10.1 Å². The molecule has 1 aromatic heterocycles. The molecular formula is C16H28N2O. The molecule has 0 aliphatic rings. The normalized spacial score (nSPS) is 11.6. The topological polar surface area (TPSA) is 34.2 Å². The van der Waals surface area contributed by atoms with E-state index in [1.165, 1.54) is 0 Å². The molecule has 0 spiro atoms. The molecule has 0 bridgehead atoms. The Balaban J connectivity index is 2.60. The predicted molar refractivity (Wildman–Crippen MR) is 80.5 cm³/mol. The molecule has 3 nitrogen and oxygen atoms in total. The summed E-state index contributed by atoms with van der Waals surface area (Å²) in [4.78, 5) is 4.57. The lowest BCUT2D eigenvalue weighted by atomic mass is 9.93. The Bertz CT molecular complexity index is 383. The molecule has 0 aliphatic carbocycles. The van der Waals surface area contributed by atoms with Crippen LogP contribution in [-0.4, -0.2) is 18.1 Å². The minimum atomic E-state index is 0.304. The van der Waals surface area contributed by atoms with Crippen LogP contribution in [0.3, 0.4) is 0 Å². The van der Waals surface area contributed by atoms with Gasteiger partial charge in [0.2, 0.25) is 0 Å². The third kappa shape index (κ3) is 6.58. The van der Waals surface area contributed by atoms with Gasteiger partial charge in [0.25, 0.3) is 0 Å². The van der Waals surface area contributed by atoms with Crippen LogP contribution in [0, 0.1) is 12.3 Å². The van der Waals surface area contributed by atoms with Crippen LogP contribution in [0.1, 0.15) is 51.9 Å². The smallest absolute Gasteiger partial charge is 0.142 e. The van der Waals surface area contributed by atoms with E-state index in [1.54, 1.807) is 0 Å². The van der Waals surface area contributed by atoms with Gasteiger partial charge >= 0.3 is 0 Å². The third-order valence-corrected chi connectivity index (χ3v) is 2.90. The Morgan fingerprint density at radius 2 is 2.00 bits per heavy atom. The van der Waals surface area contributed by atoms with Gasteiger partial charge in [-0.15, -0.1) is 0 Å². The highest BCUT2D eigenvalue weighted by Crippen LogP contribution is 2.21. The maximum atomic E-state index is 5.90. The van der Waals surface area contributed by atoms with Crippen molar-refractivity contribution in [3.63, 3.8) is 0 Å². The van der Waals surface area contributed by atoms with Crippen molar-refractivity contribution in [2.45, 2.75) is 54.0 Å². The van der Waals surface area contributed by atoms with E-state index >= 15 is 0 Å². The van der Waals surface area contributed by atoms with E-state index in [2.05, 4.69) is 38.0 Å². The van der Waals surface area contributed by atoms with Gasteiger partial charge in [-0.1, -0.05) is 27.7 Å². The molecule has 1 heterocycles. The summed E-state index contributed by atoms with van der Waals surface area (Å²) in [6, 6.07) is 4.05. The number of ether oxygens (including phenoxy) is 1. The molecule has 19 heavy (non-hydrogen) atoms. The van der Waals surface area contributed by atoms with Gasteiger partial charge in [0.15, 0.2) is 0 Å². The van der Waals surface area contributed by atoms with E-state index in [1.807, 2.05) is 19.1 Å². The van der Waals surface area contributed by atoms with E-state index in [0.717, 1.165) is 49.7 Å². The van der Waals surface area contributed by atoms with Gasteiger partial charge in [0, 0.05) is 12.2 Å². The van der Waals surface area contributed by atoms with Crippen LogP contribution in [0.25, 0.3) is 0 Å². The highest BCUT2D eigenvalue weighted by atomic mass is 16.5. The number of rotatable bonds is 7. The highest BCUT2D eigenvalue weighted by Gasteiger charge is 2.11. The van der Waals surface area contributed by atoms with Crippen LogP contribution in [0.5, 0.6) is 5.75 Å². The van der Waals surface area contributed by atoms with Crippen LogP contribution >= 0.6 is 0 Å². The number of aryl methyl sites for hydroxylation is 1. The first-order valence-electron chi connectivity index (χ1n) is 7.22. The molecule has 0 amide bonds. The van der Waals surface area contributed by atoms with Crippen LogP contribution in [-0.2, 0) is 6.54 Å². The van der Waals surface area contributed by atoms with E-state index in [-0.39, 0.29) is 0 Å². The van der Waals surface area contributed by atoms with Gasteiger partial charge in [0.05, 0.1) is 12.3 Å². The fourth-order valence-corrected chi connectivity index (χ4v) is 1.71. The molecule has 1 aromatic rings. The zero-order valence-electron chi connectivity index (χ0n) is 13.0. The number of nitrogens with zero attached hydrogens (tertiary/aromatic N) is 1. The Hall–Kier alpha value is -1.09. The molecule has 0 fully saturated rings. The summed E-state index contributed by atoms with van der Waals surface area (Å²) < 4.78 is 5.90. The number of hydrogen-bond donors (Lipinski definition) is 1. The second-order valence-corrected chi connectivity index (χ2v) is 6.23. The van der Waals surface area contributed by atoms with Gasteiger partial charge in [-0.3, -0.25) is 4.98 Å². The first-order chi connectivity index (χ1) is 8.92. The van der Waals surface area contributed by atoms with Gasteiger partial charge in [-0.25, -0.2) is 0 Å². The first-order valence-corrected chi connectivity index (χ1v) is 7.22. The van der Waals surface area contributed by atoms with Crippen molar-refractivity contribution < 1.29 is 4.74 Å². The van der Waals surface area contributed by atoms with Crippen molar-refractivity contribution in [1.82, 2.24) is 10.3 Å². The molecule has 0 radical (unpaired) electrons. The lowest BCUT2D eigenvalue weighted by molar-refractivity contribution is 0.240. The monoisotopic (exact) mass is 264 g/mol. The van der Waals surface area contributed by atoms with Gasteiger partial charge in [-0.05, 0) is 43.9 Å². The molecule has 0 aromatic carbocycles.